The summed E-state index contributed by atoms with van der Waals surface area (Å²) in [6.45, 7) is 1.99. The van der Waals surface area contributed by atoms with E-state index >= 15 is 0 Å². The van der Waals surface area contributed by atoms with Crippen molar-refractivity contribution in [2.75, 3.05) is 6.54 Å². The Kier molecular flexibility index (Phi) is 5.16. The van der Waals surface area contributed by atoms with Crippen molar-refractivity contribution in [1.29, 1.82) is 0 Å². The van der Waals surface area contributed by atoms with Crippen molar-refractivity contribution in [2.45, 2.75) is 13.3 Å². The first-order chi connectivity index (χ1) is 10.5. The molecule has 2 aromatic rings. The average Bonchev–Trinajstić information content (AvgIpc) is 2.94. The predicted molar refractivity (Wildman–Crippen MR) is 80.7 cm³/mol. The molecule has 116 valence electrons. The molecule has 0 bridgehead atoms. The number of hydrogen-bond acceptors (Lipinski definition) is 4. The largest absolute Gasteiger partial charge is 0.481 e. The van der Waals surface area contributed by atoms with Crippen LogP contribution in [0.2, 0.25) is 5.02 Å². The molecule has 2 N–H and O–H groups in total. The highest BCUT2D eigenvalue weighted by Gasteiger charge is 2.16. The molecule has 0 radical (unpaired) electrons. The van der Waals surface area contributed by atoms with Crippen molar-refractivity contribution in [3.63, 3.8) is 0 Å². The molecular formula is C15H15ClN2O4. The molecule has 0 saturated heterocycles. The smallest absolute Gasteiger partial charge is 0.303 e. The van der Waals surface area contributed by atoms with Crippen LogP contribution in [-0.2, 0) is 4.79 Å². The van der Waals surface area contributed by atoms with E-state index in [0.717, 1.165) is 0 Å². The number of benzene rings is 1. The zero-order valence-corrected chi connectivity index (χ0v) is 12.6. The second-order valence-corrected chi connectivity index (χ2v) is 5.38. The first-order valence-electron chi connectivity index (χ1n) is 6.69. The van der Waals surface area contributed by atoms with E-state index in [2.05, 4.69) is 10.5 Å². The van der Waals surface area contributed by atoms with Gasteiger partial charge in [-0.1, -0.05) is 35.8 Å². The Hall–Kier alpha value is -2.34. The third kappa shape index (κ3) is 4.08. The van der Waals surface area contributed by atoms with Crippen LogP contribution in [0.25, 0.3) is 11.3 Å². The fourth-order valence-electron chi connectivity index (χ4n) is 1.90. The van der Waals surface area contributed by atoms with Crippen LogP contribution < -0.4 is 5.32 Å². The van der Waals surface area contributed by atoms with Gasteiger partial charge in [0.1, 0.15) is 0 Å². The van der Waals surface area contributed by atoms with E-state index in [0.29, 0.717) is 16.3 Å². The van der Waals surface area contributed by atoms with Gasteiger partial charge < -0.3 is 14.9 Å². The quantitative estimate of drug-likeness (QED) is 0.853. The molecule has 1 unspecified atom stereocenters. The van der Waals surface area contributed by atoms with Gasteiger partial charge in [0.15, 0.2) is 11.5 Å². The topological polar surface area (TPSA) is 92.4 Å². The first kappa shape index (κ1) is 16.0. The molecule has 0 aliphatic rings. The Labute approximate surface area is 132 Å². The van der Waals surface area contributed by atoms with Gasteiger partial charge in [-0.3, -0.25) is 9.59 Å². The fourth-order valence-corrected chi connectivity index (χ4v) is 2.13. The Bertz CT molecular complexity index is 684. The maximum absolute atomic E-state index is 12.0. The molecule has 1 heterocycles. The maximum Gasteiger partial charge on any atom is 0.303 e. The summed E-state index contributed by atoms with van der Waals surface area (Å²) in [5, 5.41) is 15.5. The molecule has 1 aromatic heterocycles. The van der Waals surface area contributed by atoms with Crippen LogP contribution in [0.3, 0.4) is 0 Å². The van der Waals surface area contributed by atoms with Crippen LogP contribution in [0.1, 0.15) is 23.8 Å². The monoisotopic (exact) mass is 322 g/mol. The molecule has 0 spiro atoms. The van der Waals surface area contributed by atoms with E-state index in [9.17, 15) is 9.59 Å². The Balaban J connectivity index is 2.01. The van der Waals surface area contributed by atoms with Crippen molar-refractivity contribution < 1.29 is 19.2 Å². The second kappa shape index (κ2) is 7.09. The lowest BCUT2D eigenvalue weighted by molar-refractivity contribution is -0.137. The van der Waals surface area contributed by atoms with Gasteiger partial charge in [0.05, 0.1) is 5.02 Å². The van der Waals surface area contributed by atoms with Crippen molar-refractivity contribution in [3.8, 4) is 11.3 Å². The third-order valence-electron chi connectivity index (χ3n) is 3.02. The van der Waals surface area contributed by atoms with Gasteiger partial charge in [0.25, 0.3) is 5.91 Å². The number of nitrogens with zero attached hydrogens (tertiary/aromatic N) is 1. The maximum atomic E-state index is 12.0. The summed E-state index contributed by atoms with van der Waals surface area (Å²) >= 11 is 6.05. The number of rotatable bonds is 6. The van der Waals surface area contributed by atoms with Gasteiger partial charge in [-0.15, -0.1) is 0 Å². The summed E-state index contributed by atoms with van der Waals surface area (Å²) in [5.41, 5.74) is 0.771. The Morgan fingerprint density at radius 2 is 2.14 bits per heavy atom. The van der Waals surface area contributed by atoms with Crippen LogP contribution in [0.5, 0.6) is 0 Å². The lowest BCUT2D eigenvalue weighted by Gasteiger charge is -2.08. The lowest BCUT2D eigenvalue weighted by Crippen LogP contribution is -2.29. The lowest BCUT2D eigenvalue weighted by atomic mass is 10.1. The summed E-state index contributed by atoms with van der Waals surface area (Å²) in [6, 6.07) is 8.57. The molecular weight excluding hydrogens is 308 g/mol. The highest BCUT2D eigenvalue weighted by molar-refractivity contribution is 6.33. The number of hydrogen-bond donors (Lipinski definition) is 2. The van der Waals surface area contributed by atoms with Crippen LogP contribution in [0.15, 0.2) is 34.9 Å². The van der Waals surface area contributed by atoms with E-state index in [4.69, 9.17) is 21.2 Å². The molecule has 1 atom stereocenters. The molecule has 1 aromatic carbocycles. The minimum atomic E-state index is -0.899. The number of aliphatic carboxylic acids is 1. The van der Waals surface area contributed by atoms with E-state index < -0.39 is 11.9 Å². The summed E-state index contributed by atoms with van der Waals surface area (Å²) in [4.78, 5) is 22.5. The van der Waals surface area contributed by atoms with Gasteiger partial charge in [0, 0.05) is 24.6 Å². The van der Waals surface area contributed by atoms with Crippen LogP contribution in [0, 0.1) is 5.92 Å². The number of amides is 1. The summed E-state index contributed by atoms with van der Waals surface area (Å²) in [5.74, 6) is -1.09. The zero-order valence-electron chi connectivity index (χ0n) is 11.9. The highest BCUT2D eigenvalue weighted by Crippen LogP contribution is 2.27. The van der Waals surface area contributed by atoms with Gasteiger partial charge in [-0.2, -0.15) is 0 Å². The molecule has 7 heteroatoms. The minimum Gasteiger partial charge on any atom is -0.481 e. The van der Waals surface area contributed by atoms with Crippen molar-refractivity contribution in [3.05, 3.63) is 41.0 Å². The number of nitrogens with one attached hydrogen (secondary N) is 1. The van der Waals surface area contributed by atoms with Crippen molar-refractivity contribution in [2.24, 2.45) is 5.92 Å². The predicted octanol–water partition coefficient (Wildman–Crippen LogP) is 2.84. The molecule has 22 heavy (non-hydrogen) atoms. The van der Waals surface area contributed by atoms with Crippen LogP contribution >= 0.6 is 11.6 Å². The summed E-state index contributed by atoms with van der Waals surface area (Å²) < 4.78 is 5.13. The first-order valence-corrected chi connectivity index (χ1v) is 7.06. The summed E-state index contributed by atoms with van der Waals surface area (Å²) in [7, 11) is 0. The van der Waals surface area contributed by atoms with Crippen LogP contribution in [0.4, 0.5) is 0 Å². The number of carbonyl (C=O) groups is 2. The van der Waals surface area contributed by atoms with Gasteiger partial charge >= 0.3 is 5.97 Å². The fraction of sp³-hybridized carbons (Fsp3) is 0.267. The standard InChI is InChI=1S/C15H15ClN2O4/c1-9(6-14(19)20)8-17-15(21)12-7-13(22-18-12)10-4-2-3-5-11(10)16/h2-5,7,9H,6,8H2,1H3,(H,17,21)(H,19,20). The van der Waals surface area contributed by atoms with E-state index in [1.807, 2.05) is 0 Å². The van der Waals surface area contributed by atoms with Gasteiger partial charge in [0.2, 0.25) is 0 Å². The summed E-state index contributed by atoms with van der Waals surface area (Å²) in [6.07, 6.45) is -0.00995. The Morgan fingerprint density at radius 3 is 2.82 bits per heavy atom. The van der Waals surface area contributed by atoms with E-state index in [1.165, 1.54) is 6.07 Å². The number of carboxylic acid groups (broad SMARTS) is 1. The van der Waals surface area contributed by atoms with E-state index in [-0.39, 0.29) is 24.6 Å². The SMILES string of the molecule is CC(CNC(=O)c1cc(-c2ccccc2Cl)on1)CC(=O)O. The Morgan fingerprint density at radius 1 is 1.41 bits per heavy atom. The molecule has 0 aliphatic carbocycles. The number of halogens is 1. The molecule has 2 rings (SSSR count). The molecule has 1 amide bonds. The zero-order chi connectivity index (χ0) is 16.1. The second-order valence-electron chi connectivity index (χ2n) is 4.97. The number of aromatic nitrogens is 1. The van der Waals surface area contributed by atoms with Gasteiger partial charge in [-0.05, 0) is 18.1 Å². The molecule has 0 saturated carbocycles. The van der Waals surface area contributed by atoms with Crippen LogP contribution in [-0.4, -0.2) is 28.7 Å². The van der Waals surface area contributed by atoms with Crippen molar-refractivity contribution >= 4 is 23.5 Å². The minimum absolute atomic E-state index is 0.00995. The normalized spacial score (nSPS) is 11.9. The number of carboxylic acids is 1. The number of carbonyl (C=O) groups excluding carboxylic acids is 1. The average molecular weight is 323 g/mol. The molecule has 0 aliphatic heterocycles. The van der Waals surface area contributed by atoms with E-state index in [1.54, 1.807) is 31.2 Å². The third-order valence-corrected chi connectivity index (χ3v) is 3.35. The highest BCUT2D eigenvalue weighted by atomic mass is 35.5. The molecule has 0 fully saturated rings. The molecule has 6 nitrogen and oxygen atoms in total. The van der Waals surface area contributed by atoms with Crippen molar-refractivity contribution in [1.82, 2.24) is 10.5 Å². The van der Waals surface area contributed by atoms with Gasteiger partial charge in [-0.25, -0.2) is 0 Å².